The lowest BCUT2D eigenvalue weighted by molar-refractivity contribution is 0.432. The van der Waals surface area contributed by atoms with Crippen LogP contribution in [0.3, 0.4) is 0 Å². The van der Waals surface area contributed by atoms with Crippen LogP contribution in [0.1, 0.15) is 11.1 Å². The second-order valence-corrected chi connectivity index (χ2v) is 6.51. The van der Waals surface area contributed by atoms with Crippen molar-refractivity contribution in [2.24, 2.45) is 0 Å². The van der Waals surface area contributed by atoms with Crippen LogP contribution in [0.2, 0.25) is 0 Å². The molecule has 9 heteroatoms. The third-order valence-electron chi connectivity index (χ3n) is 4.04. The van der Waals surface area contributed by atoms with Gasteiger partial charge in [-0.2, -0.15) is 0 Å². The van der Waals surface area contributed by atoms with E-state index in [-0.39, 0.29) is 0 Å². The van der Waals surface area contributed by atoms with E-state index >= 15 is 0 Å². The number of halogens is 9. The van der Waals surface area contributed by atoms with E-state index in [2.05, 4.69) is 15.9 Å². The molecule has 146 valence electrons. The minimum absolute atomic E-state index is 0.296. The quantitative estimate of drug-likeness (QED) is 0.225. The third kappa shape index (κ3) is 3.17. The van der Waals surface area contributed by atoms with Crippen molar-refractivity contribution in [3.05, 3.63) is 92.5 Å². The Balaban J connectivity index is 2.29. The Bertz CT molecular complexity index is 1020. The molecule has 0 heterocycles. The fourth-order valence-corrected chi connectivity index (χ4v) is 3.02. The van der Waals surface area contributed by atoms with Crippen LogP contribution >= 0.6 is 15.9 Å². The maximum Gasteiger partial charge on any atom is 0.176 e. The van der Waals surface area contributed by atoms with E-state index < -0.39 is 74.1 Å². The summed E-state index contributed by atoms with van der Waals surface area (Å²) in [6.45, 7) is 0. The van der Waals surface area contributed by atoms with Gasteiger partial charge >= 0.3 is 0 Å². The van der Waals surface area contributed by atoms with Crippen LogP contribution in [0.5, 0.6) is 0 Å². The molecule has 0 nitrogen and oxygen atoms in total. The maximum absolute atomic E-state index is 14.4. The molecule has 0 unspecified atom stereocenters. The molecule has 3 rings (SSSR count). The molecule has 28 heavy (non-hydrogen) atoms. The summed E-state index contributed by atoms with van der Waals surface area (Å²) in [6, 6.07) is 7.50. The van der Waals surface area contributed by atoms with Crippen molar-refractivity contribution in [2.75, 3.05) is 0 Å². The molecule has 3 aromatic rings. The standard InChI is InChI=1S/C19H7BrF8/c20-11-18(27)16(25)10(17(26)19(11)28)9-14(23)12(21)8(13(22)15(9)24)6-7-4-2-1-3-5-7/h1-5H,6H2. The molecule has 0 aromatic heterocycles. The van der Waals surface area contributed by atoms with Crippen molar-refractivity contribution in [3.8, 4) is 11.1 Å². The molecule has 0 radical (unpaired) electrons. The Morgan fingerprint density at radius 3 is 1.36 bits per heavy atom. The van der Waals surface area contributed by atoms with E-state index in [1.807, 2.05) is 0 Å². The van der Waals surface area contributed by atoms with Crippen LogP contribution in [0.4, 0.5) is 35.1 Å². The average Bonchev–Trinajstić information content (AvgIpc) is 2.70. The minimum atomic E-state index is -2.21. The molecule has 0 amide bonds. The summed E-state index contributed by atoms with van der Waals surface area (Å²) in [5, 5.41) is 0. The SMILES string of the molecule is Fc1c(F)c(-c2c(F)c(F)c(Cc3ccccc3)c(F)c2F)c(F)c(F)c1Br. The van der Waals surface area contributed by atoms with Crippen LogP contribution in [0.15, 0.2) is 34.8 Å². The Morgan fingerprint density at radius 1 is 0.536 bits per heavy atom. The van der Waals surface area contributed by atoms with Crippen LogP contribution in [0, 0.1) is 46.5 Å². The van der Waals surface area contributed by atoms with Gasteiger partial charge in [0.05, 0.1) is 15.6 Å². The molecule has 0 aliphatic rings. The summed E-state index contributed by atoms with van der Waals surface area (Å²) in [7, 11) is 0. The summed E-state index contributed by atoms with van der Waals surface area (Å²) in [6.07, 6.45) is -0.569. The first-order chi connectivity index (χ1) is 13.2. The predicted octanol–water partition coefficient (Wildman–Crippen LogP) is 6.82. The van der Waals surface area contributed by atoms with Crippen molar-refractivity contribution in [3.63, 3.8) is 0 Å². The summed E-state index contributed by atoms with van der Waals surface area (Å²) < 4.78 is 112. The highest BCUT2D eigenvalue weighted by Gasteiger charge is 2.33. The van der Waals surface area contributed by atoms with Gasteiger partial charge in [-0.05, 0) is 21.5 Å². The largest absolute Gasteiger partial charge is 0.203 e. The summed E-state index contributed by atoms with van der Waals surface area (Å²) in [5.74, 6) is -16.7. The van der Waals surface area contributed by atoms with Gasteiger partial charge in [0.15, 0.2) is 46.5 Å². The van der Waals surface area contributed by atoms with Gasteiger partial charge in [-0.25, -0.2) is 35.1 Å². The zero-order valence-electron chi connectivity index (χ0n) is 13.5. The second-order valence-electron chi connectivity index (χ2n) is 5.72. The Morgan fingerprint density at radius 2 is 0.929 bits per heavy atom. The highest BCUT2D eigenvalue weighted by atomic mass is 79.9. The van der Waals surface area contributed by atoms with Crippen molar-refractivity contribution >= 4 is 15.9 Å². The van der Waals surface area contributed by atoms with Gasteiger partial charge in [0.25, 0.3) is 0 Å². The molecule has 3 aromatic carbocycles. The summed E-state index contributed by atoms with van der Waals surface area (Å²) in [4.78, 5) is 0. The Hall–Kier alpha value is -2.42. The molecular formula is C19H7BrF8. The lowest BCUT2D eigenvalue weighted by Gasteiger charge is -2.14. The van der Waals surface area contributed by atoms with E-state index in [0.717, 1.165) is 0 Å². The van der Waals surface area contributed by atoms with E-state index in [9.17, 15) is 35.1 Å². The van der Waals surface area contributed by atoms with Gasteiger partial charge in [-0.15, -0.1) is 0 Å². The van der Waals surface area contributed by atoms with E-state index in [4.69, 9.17) is 0 Å². The first-order valence-corrected chi connectivity index (χ1v) is 8.36. The fraction of sp³-hybridized carbons (Fsp3) is 0.0526. The lowest BCUT2D eigenvalue weighted by atomic mass is 9.96. The van der Waals surface area contributed by atoms with Crippen molar-refractivity contribution < 1.29 is 35.1 Å². The second kappa shape index (κ2) is 7.54. The topological polar surface area (TPSA) is 0 Å². The highest BCUT2D eigenvalue weighted by molar-refractivity contribution is 9.10. The summed E-state index contributed by atoms with van der Waals surface area (Å²) in [5.41, 5.74) is -4.52. The van der Waals surface area contributed by atoms with E-state index in [0.29, 0.717) is 5.56 Å². The smallest absolute Gasteiger partial charge is 0.176 e. The van der Waals surface area contributed by atoms with Crippen molar-refractivity contribution in [1.82, 2.24) is 0 Å². The van der Waals surface area contributed by atoms with Crippen molar-refractivity contribution in [1.29, 1.82) is 0 Å². The summed E-state index contributed by atoms with van der Waals surface area (Å²) >= 11 is 2.24. The van der Waals surface area contributed by atoms with Crippen LogP contribution in [-0.2, 0) is 6.42 Å². The van der Waals surface area contributed by atoms with Gasteiger partial charge in [0.1, 0.15) is 0 Å². The Labute approximate surface area is 161 Å². The monoisotopic (exact) mass is 466 g/mol. The zero-order chi connectivity index (χ0) is 20.7. The molecule has 0 spiro atoms. The predicted molar refractivity (Wildman–Crippen MR) is 88.5 cm³/mol. The molecule has 0 bridgehead atoms. The Kier molecular flexibility index (Phi) is 5.47. The number of benzene rings is 3. The fourth-order valence-electron chi connectivity index (χ4n) is 2.68. The molecule has 0 atom stereocenters. The number of hydrogen-bond donors (Lipinski definition) is 0. The van der Waals surface area contributed by atoms with Gasteiger partial charge in [0.2, 0.25) is 0 Å². The van der Waals surface area contributed by atoms with E-state index in [1.54, 1.807) is 6.07 Å². The van der Waals surface area contributed by atoms with Crippen LogP contribution in [0.25, 0.3) is 11.1 Å². The van der Waals surface area contributed by atoms with E-state index in [1.165, 1.54) is 24.3 Å². The van der Waals surface area contributed by atoms with Gasteiger partial charge < -0.3 is 0 Å². The molecule has 0 saturated carbocycles. The van der Waals surface area contributed by atoms with Gasteiger partial charge in [-0.1, -0.05) is 30.3 Å². The molecule has 0 saturated heterocycles. The molecular weight excluding hydrogens is 460 g/mol. The third-order valence-corrected chi connectivity index (χ3v) is 4.73. The highest BCUT2D eigenvalue weighted by Crippen LogP contribution is 2.39. The first kappa shape index (κ1) is 20.3. The molecule has 0 fully saturated rings. The zero-order valence-corrected chi connectivity index (χ0v) is 15.1. The average molecular weight is 467 g/mol. The number of hydrogen-bond acceptors (Lipinski definition) is 0. The normalized spacial score (nSPS) is 11.2. The first-order valence-electron chi connectivity index (χ1n) is 7.57. The molecule has 0 N–H and O–H groups in total. The maximum atomic E-state index is 14.4. The minimum Gasteiger partial charge on any atom is -0.203 e. The van der Waals surface area contributed by atoms with Crippen molar-refractivity contribution in [2.45, 2.75) is 6.42 Å². The van der Waals surface area contributed by atoms with Crippen LogP contribution < -0.4 is 0 Å². The number of rotatable bonds is 3. The van der Waals surface area contributed by atoms with Gasteiger partial charge in [-0.3, -0.25) is 0 Å². The lowest BCUT2D eigenvalue weighted by Crippen LogP contribution is -2.10. The molecule has 0 aliphatic carbocycles. The molecule has 0 aliphatic heterocycles. The van der Waals surface area contributed by atoms with Crippen LogP contribution in [-0.4, -0.2) is 0 Å². The van der Waals surface area contributed by atoms with Gasteiger partial charge in [0, 0.05) is 12.0 Å².